The van der Waals surface area contributed by atoms with Gasteiger partial charge in [0.25, 0.3) is 0 Å². The Bertz CT molecular complexity index is 659. The molecule has 0 aliphatic rings. The fourth-order valence-electron chi connectivity index (χ4n) is 2.19. The fourth-order valence-corrected chi connectivity index (χ4v) is 2.92. The van der Waals surface area contributed by atoms with Crippen LogP contribution in [0.25, 0.3) is 10.1 Å². The standard InChI is InChI=1S/C10H15N.C8H7NOS/c1-11-9-5-8-10-6-3-2-4-7-10;1-5-2-3-7(10)6-4-9-11-8(5)6/h2-4,6-7,11H,5,8-9H2,1H3;2-4,10H,1H3. The number of hydrogen-bond donors (Lipinski definition) is 2. The van der Waals surface area contributed by atoms with Gasteiger partial charge in [-0.25, -0.2) is 0 Å². The van der Waals surface area contributed by atoms with E-state index in [0.29, 0.717) is 5.75 Å². The number of nitrogens with zero attached hydrogens (tertiary/aromatic N) is 1. The second kappa shape index (κ2) is 8.51. The van der Waals surface area contributed by atoms with Gasteiger partial charge in [-0.3, -0.25) is 0 Å². The van der Waals surface area contributed by atoms with Crippen molar-refractivity contribution < 1.29 is 5.11 Å². The van der Waals surface area contributed by atoms with Gasteiger partial charge in [0.1, 0.15) is 5.75 Å². The first-order chi connectivity index (χ1) is 10.7. The zero-order chi connectivity index (χ0) is 15.8. The summed E-state index contributed by atoms with van der Waals surface area (Å²) in [5, 5.41) is 13.3. The summed E-state index contributed by atoms with van der Waals surface area (Å²) in [6, 6.07) is 14.2. The van der Waals surface area contributed by atoms with Crippen molar-refractivity contribution in [1.29, 1.82) is 0 Å². The molecule has 1 heterocycles. The first-order valence-electron chi connectivity index (χ1n) is 7.44. The van der Waals surface area contributed by atoms with Crippen molar-refractivity contribution in [2.24, 2.45) is 0 Å². The van der Waals surface area contributed by atoms with E-state index in [1.807, 2.05) is 20.0 Å². The minimum Gasteiger partial charge on any atom is -0.507 e. The van der Waals surface area contributed by atoms with Crippen molar-refractivity contribution in [2.45, 2.75) is 19.8 Å². The Balaban J connectivity index is 0.000000160. The van der Waals surface area contributed by atoms with E-state index in [2.05, 4.69) is 40.0 Å². The molecular formula is C18H22N2OS. The van der Waals surface area contributed by atoms with Gasteiger partial charge in [0.15, 0.2) is 0 Å². The normalized spacial score (nSPS) is 10.3. The number of rotatable bonds is 4. The molecule has 0 aliphatic heterocycles. The first-order valence-corrected chi connectivity index (χ1v) is 8.21. The smallest absolute Gasteiger partial charge is 0.125 e. The van der Waals surface area contributed by atoms with Crippen LogP contribution in [-0.2, 0) is 6.42 Å². The summed E-state index contributed by atoms with van der Waals surface area (Å²) in [4.78, 5) is 0. The summed E-state index contributed by atoms with van der Waals surface area (Å²) in [6.45, 7) is 3.12. The van der Waals surface area contributed by atoms with Crippen LogP contribution in [0.15, 0.2) is 48.7 Å². The Morgan fingerprint density at radius 1 is 1.14 bits per heavy atom. The van der Waals surface area contributed by atoms with Crippen molar-refractivity contribution >= 4 is 21.6 Å². The third kappa shape index (κ3) is 4.55. The molecule has 22 heavy (non-hydrogen) atoms. The molecule has 0 saturated heterocycles. The highest BCUT2D eigenvalue weighted by Crippen LogP contribution is 2.29. The lowest BCUT2D eigenvalue weighted by molar-refractivity contribution is 0.481. The Kier molecular flexibility index (Phi) is 6.37. The summed E-state index contributed by atoms with van der Waals surface area (Å²) < 4.78 is 5.08. The van der Waals surface area contributed by atoms with E-state index in [1.165, 1.54) is 35.5 Å². The molecule has 0 amide bonds. The largest absolute Gasteiger partial charge is 0.507 e. The van der Waals surface area contributed by atoms with E-state index in [4.69, 9.17) is 0 Å². The van der Waals surface area contributed by atoms with Crippen LogP contribution in [-0.4, -0.2) is 23.1 Å². The van der Waals surface area contributed by atoms with Crippen LogP contribution in [0.2, 0.25) is 0 Å². The third-order valence-corrected chi connectivity index (χ3v) is 4.37. The fraction of sp³-hybridized carbons (Fsp3) is 0.278. The number of fused-ring (bicyclic) bond motifs is 1. The summed E-state index contributed by atoms with van der Waals surface area (Å²) in [7, 11) is 1.99. The molecule has 0 atom stereocenters. The summed E-state index contributed by atoms with van der Waals surface area (Å²) >= 11 is 1.42. The Labute approximate surface area is 135 Å². The summed E-state index contributed by atoms with van der Waals surface area (Å²) in [6.07, 6.45) is 4.10. The molecule has 4 heteroatoms. The van der Waals surface area contributed by atoms with Crippen molar-refractivity contribution in [1.82, 2.24) is 9.69 Å². The Morgan fingerprint density at radius 3 is 2.59 bits per heavy atom. The van der Waals surface area contributed by atoms with E-state index >= 15 is 0 Å². The molecule has 116 valence electrons. The molecular weight excluding hydrogens is 292 g/mol. The van der Waals surface area contributed by atoms with E-state index in [0.717, 1.165) is 16.6 Å². The van der Waals surface area contributed by atoms with Gasteiger partial charge in [-0.05, 0) is 62.1 Å². The first kappa shape index (κ1) is 16.5. The monoisotopic (exact) mass is 314 g/mol. The zero-order valence-electron chi connectivity index (χ0n) is 13.0. The van der Waals surface area contributed by atoms with Crippen molar-refractivity contribution in [3.05, 3.63) is 59.8 Å². The molecule has 3 nitrogen and oxygen atoms in total. The Morgan fingerprint density at radius 2 is 1.91 bits per heavy atom. The van der Waals surface area contributed by atoms with Gasteiger partial charge in [0, 0.05) is 0 Å². The molecule has 3 rings (SSSR count). The maximum atomic E-state index is 9.35. The van der Waals surface area contributed by atoms with E-state index in [9.17, 15) is 5.11 Å². The van der Waals surface area contributed by atoms with Gasteiger partial charge in [-0.1, -0.05) is 36.4 Å². The number of hydrogen-bond acceptors (Lipinski definition) is 4. The summed E-state index contributed by atoms with van der Waals surface area (Å²) in [5.74, 6) is 0.319. The van der Waals surface area contributed by atoms with Crippen molar-refractivity contribution in [3.8, 4) is 5.75 Å². The topological polar surface area (TPSA) is 45.1 Å². The molecule has 0 fully saturated rings. The molecule has 3 aromatic rings. The molecule has 1 aromatic heterocycles. The average Bonchev–Trinajstić information content (AvgIpc) is 3.04. The molecule has 0 saturated carbocycles. The predicted octanol–water partition coefficient (Wildman–Crippen LogP) is 4.15. The third-order valence-electron chi connectivity index (χ3n) is 3.43. The van der Waals surface area contributed by atoms with Crippen LogP contribution in [0, 0.1) is 6.92 Å². The van der Waals surface area contributed by atoms with Crippen LogP contribution < -0.4 is 5.32 Å². The molecule has 0 unspecified atom stereocenters. The maximum absolute atomic E-state index is 9.35. The number of aromatic hydroxyl groups is 1. The van der Waals surface area contributed by atoms with Gasteiger partial charge >= 0.3 is 0 Å². The van der Waals surface area contributed by atoms with Crippen LogP contribution in [0.3, 0.4) is 0 Å². The van der Waals surface area contributed by atoms with Gasteiger partial charge in [0.2, 0.25) is 0 Å². The molecule has 0 radical (unpaired) electrons. The van der Waals surface area contributed by atoms with Crippen molar-refractivity contribution in [3.63, 3.8) is 0 Å². The Hall–Kier alpha value is -1.91. The highest BCUT2D eigenvalue weighted by atomic mass is 32.1. The maximum Gasteiger partial charge on any atom is 0.125 e. The molecule has 2 aromatic carbocycles. The SMILES string of the molecule is CNCCCc1ccccc1.Cc1ccc(O)c2cnsc12. The summed E-state index contributed by atoms with van der Waals surface area (Å²) in [5.41, 5.74) is 2.60. The van der Waals surface area contributed by atoms with Crippen LogP contribution >= 0.6 is 11.5 Å². The highest BCUT2D eigenvalue weighted by Gasteiger charge is 2.03. The van der Waals surface area contributed by atoms with Gasteiger partial charge in [-0.15, -0.1) is 0 Å². The minimum absolute atomic E-state index is 0.319. The van der Waals surface area contributed by atoms with Gasteiger partial charge in [-0.2, -0.15) is 4.37 Å². The van der Waals surface area contributed by atoms with Crippen LogP contribution in [0.5, 0.6) is 5.75 Å². The lowest BCUT2D eigenvalue weighted by Gasteiger charge is -1.99. The lowest BCUT2D eigenvalue weighted by atomic mass is 10.1. The molecule has 0 bridgehead atoms. The van der Waals surface area contributed by atoms with Gasteiger partial charge in [0.05, 0.1) is 16.3 Å². The van der Waals surface area contributed by atoms with Gasteiger partial charge < -0.3 is 10.4 Å². The predicted molar refractivity (Wildman–Crippen MR) is 94.7 cm³/mol. The zero-order valence-corrected chi connectivity index (χ0v) is 13.9. The lowest BCUT2D eigenvalue weighted by Crippen LogP contribution is -2.08. The number of nitrogens with one attached hydrogen (secondary N) is 1. The van der Waals surface area contributed by atoms with Crippen LogP contribution in [0.1, 0.15) is 17.5 Å². The quantitative estimate of drug-likeness (QED) is 0.711. The number of phenols is 1. The molecule has 0 spiro atoms. The molecule has 2 N–H and O–H groups in total. The number of benzene rings is 2. The second-order valence-corrected chi connectivity index (χ2v) is 5.96. The minimum atomic E-state index is 0.319. The number of aromatic nitrogens is 1. The molecule has 0 aliphatic carbocycles. The highest BCUT2D eigenvalue weighted by molar-refractivity contribution is 7.13. The average molecular weight is 314 g/mol. The number of aryl methyl sites for hydroxylation is 2. The van der Waals surface area contributed by atoms with E-state index in [1.54, 1.807) is 12.3 Å². The van der Waals surface area contributed by atoms with E-state index < -0.39 is 0 Å². The van der Waals surface area contributed by atoms with Crippen LogP contribution in [0.4, 0.5) is 0 Å². The van der Waals surface area contributed by atoms with Crippen molar-refractivity contribution in [2.75, 3.05) is 13.6 Å². The van der Waals surface area contributed by atoms with E-state index in [-0.39, 0.29) is 0 Å². The second-order valence-electron chi connectivity index (χ2n) is 5.16. The number of phenolic OH excluding ortho intramolecular Hbond substituents is 1.